The van der Waals surface area contributed by atoms with Crippen LogP contribution in [0.1, 0.15) is 0 Å². The predicted molar refractivity (Wildman–Crippen MR) is 31.0 cm³/mol. The zero-order valence-corrected chi connectivity index (χ0v) is 5.95. The number of alkyl halides is 3. The van der Waals surface area contributed by atoms with E-state index in [1.165, 1.54) is 0 Å². The Hall–Kier alpha value is 0.750. The van der Waals surface area contributed by atoms with E-state index in [0.29, 0.717) is 0 Å². The van der Waals surface area contributed by atoms with Crippen LogP contribution in [0.5, 0.6) is 0 Å². The Bertz CT molecular complexity index is 72.2. The van der Waals surface area contributed by atoms with Crippen molar-refractivity contribution < 1.29 is 10.3 Å². The van der Waals surface area contributed by atoms with Crippen molar-refractivity contribution in [3.8, 4) is 0 Å². The topological polar surface area (TPSA) is 43.7 Å². The Balaban J connectivity index is 3.62. The van der Waals surface area contributed by atoms with E-state index in [0.717, 1.165) is 0 Å². The molecule has 0 aromatic rings. The molecule has 0 atom stereocenters. The lowest BCUT2D eigenvalue weighted by atomic mass is 11.1. The fourth-order valence-corrected chi connectivity index (χ4v) is 0.241. The Morgan fingerprint density at radius 2 is 1.75 bits per heavy atom. The van der Waals surface area contributed by atoms with Gasteiger partial charge in [0.2, 0.25) is 0 Å². The number of hydrogen-bond acceptors (Lipinski definition) is 3. The molecule has 0 rings (SSSR count). The zero-order chi connectivity index (χ0) is 6.78. The van der Waals surface area contributed by atoms with Crippen molar-refractivity contribution in [1.29, 1.82) is 0 Å². The monoisotopic (exact) mass is 179 g/mol. The second-order valence-electron chi connectivity index (χ2n) is 1.01. The van der Waals surface area contributed by atoms with Gasteiger partial charge >= 0.3 is 0 Å². The molecule has 3 nitrogen and oxygen atoms in total. The van der Waals surface area contributed by atoms with Gasteiger partial charge in [-0.2, -0.15) is 0 Å². The highest BCUT2D eigenvalue weighted by Gasteiger charge is 2.27. The second-order valence-corrected chi connectivity index (χ2v) is 3.23. The number of rotatable bonds is 1. The highest BCUT2D eigenvalue weighted by Crippen LogP contribution is 2.28. The van der Waals surface area contributed by atoms with Crippen LogP contribution in [0.3, 0.4) is 0 Å². The molecule has 0 spiro atoms. The molecule has 0 aromatic heterocycles. The number of halogens is 3. The molecule has 6 heteroatoms. The van der Waals surface area contributed by atoms with Gasteiger partial charge in [0.05, 0.1) is 0 Å². The zero-order valence-electron chi connectivity index (χ0n) is 3.68. The van der Waals surface area contributed by atoms with E-state index >= 15 is 0 Å². The molecule has 0 saturated carbocycles. The summed E-state index contributed by atoms with van der Waals surface area (Å²) in [5, 5.41) is 16.6. The first-order chi connectivity index (χ1) is 3.48. The summed E-state index contributed by atoms with van der Waals surface area (Å²) >= 11 is 15.1. The van der Waals surface area contributed by atoms with Crippen LogP contribution in [0.4, 0.5) is 0 Å². The molecular formula is C2H4Cl3NO2. The summed E-state index contributed by atoms with van der Waals surface area (Å²) in [6, 6.07) is 0. The summed E-state index contributed by atoms with van der Waals surface area (Å²) in [4.78, 5) is 0. The fraction of sp³-hybridized carbons (Fsp3) is 1.00. The van der Waals surface area contributed by atoms with Crippen molar-refractivity contribution in [2.24, 2.45) is 0 Å². The quantitative estimate of drug-likeness (QED) is 0.273. The molecule has 0 unspecified atom stereocenters. The van der Waals surface area contributed by atoms with Crippen molar-refractivity contribution in [3.63, 3.8) is 0 Å². The van der Waals surface area contributed by atoms with Crippen LogP contribution < -0.4 is 0 Å². The van der Waals surface area contributed by atoms with Crippen molar-refractivity contribution in [3.05, 3.63) is 0 Å². The van der Waals surface area contributed by atoms with Crippen LogP contribution in [0.2, 0.25) is 0 Å². The minimum atomic E-state index is -1.94. The Kier molecular flexibility index (Phi) is 3.34. The van der Waals surface area contributed by atoms with Gasteiger partial charge in [-0.3, -0.25) is 0 Å². The molecule has 0 amide bonds. The number of aliphatic hydroxyl groups excluding tert-OH is 1. The Labute approximate surface area is 61.3 Å². The summed E-state index contributed by atoms with van der Waals surface area (Å²) < 4.78 is -1.94. The first-order valence-corrected chi connectivity index (χ1v) is 2.76. The van der Waals surface area contributed by atoms with Gasteiger partial charge in [0, 0.05) is 0 Å². The van der Waals surface area contributed by atoms with Crippen LogP contribution in [0.25, 0.3) is 0 Å². The summed E-state index contributed by atoms with van der Waals surface area (Å²) in [5.41, 5.74) is 0. The smallest absolute Gasteiger partial charge is 0.271 e. The third-order valence-corrected chi connectivity index (χ3v) is 1.01. The average molecular weight is 180 g/mol. The van der Waals surface area contributed by atoms with Crippen LogP contribution in [-0.2, 0) is 0 Å². The molecule has 0 saturated heterocycles. The molecule has 8 heavy (non-hydrogen) atoms. The van der Waals surface area contributed by atoms with Crippen LogP contribution in [-0.4, -0.2) is 26.0 Å². The van der Waals surface area contributed by atoms with E-state index in [4.69, 9.17) is 45.1 Å². The molecule has 0 radical (unpaired) electrons. The van der Waals surface area contributed by atoms with Gasteiger partial charge in [-0.25, -0.2) is 0 Å². The number of hydrogen-bond donors (Lipinski definition) is 2. The normalized spacial score (nSPS) is 12.8. The molecule has 0 heterocycles. The maximum Gasteiger partial charge on any atom is 0.271 e. The van der Waals surface area contributed by atoms with Crippen molar-refractivity contribution >= 4 is 34.8 Å². The molecular weight excluding hydrogens is 176 g/mol. The van der Waals surface area contributed by atoms with Crippen molar-refractivity contribution in [1.82, 2.24) is 5.06 Å². The van der Waals surface area contributed by atoms with Gasteiger partial charge in [0.15, 0.2) is 0 Å². The van der Waals surface area contributed by atoms with E-state index in [1.807, 2.05) is 0 Å². The third-order valence-electron chi connectivity index (χ3n) is 0.427. The molecule has 0 aliphatic heterocycles. The Morgan fingerprint density at radius 3 is 1.75 bits per heavy atom. The van der Waals surface area contributed by atoms with E-state index in [9.17, 15) is 0 Å². The highest BCUT2D eigenvalue weighted by molar-refractivity contribution is 6.67. The highest BCUT2D eigenvalue weighted by atomic mass is 35.6. The van der Waals surface area contributed by atoms with Crippen molar-refractivity contribution in [2.75, 3.05) is 6.73 Å². The average Bonchev–Trinajstić information content (AvgIpc) is 1.62. The van der Waals surface area contributed by atoms with Gasteiger partial charge in [-0.05, 0) is 0 Å². The molecule has 0 fully saturated rings. The molecule has 50 valence electrons. The summed E-state index contributed by atoms with van der Waals surface area (Å²) in [5.74, 6) is 0. The van der Waals surface area contributed by atoms with Crippen molar-refractivity contribution in [2.45, 2.75) is 3.92 Å². The van der Waals surface area contributed by atoms with Gasteiger partial charge in [-0.15, -0.1) is 5.06 Å². The number of aliphatic hydroxyl groups is 1. The van der Waals surface area contributed by atoms with Crippen LogP contribution >= 0.6 is 34.8 Å². The lowest BCUT2D eigenvalue weighted by Gasteiger charge is -2.18. The molecule has 0 aliphatic carbocycles. The van der Waals surface area contributed by atoms with Gasteiger partial charge in [-0.1, -0.05) is 34.8 Å². The lowest BCUT2D eigenvalue weighted by molar-refractivity contribution is -0.146. The first kappa shape index (κ1) is 8.75. The SMILES string of the molecule is OCN(O)C(Cl)(Cl)Cl. The molecule has 0 aromatic carbocycles. The molecule has 0 bridgehead atoms. The predicted octanol–water partition coefficient (Wildman–Crippen LogP) is 0.955. The van der Waals surface area contributed by atoms with E-state index < -0.39 is 10.6 Å². The lowest BCUT2D eigenvalue weighted by Crippen LogP contribution is -2.32. The summed E-state index contributed by atoms with van der Waals surface area (Å²) in [6.07, 6.45) is 0. The van der Waals surface area contributed by atoms with Gasteiger partial charge in [0.25, 0.3) is 3.92 Å². The fourth-order valence-electron chi connectivity index (χ4n) is 0.0802. The maximum absolute atomic E-state index is 8.38. The first-order valence-electron chi connectivity index (χ1n) is 1.62. The molecule has 0 aliphatic rings. The Morgan fingerprint density at radius 1 is 1.38 bits per heavy atom. The molecule has 2 N–H and O–H groups in total. The number of nitrogens with zero attached hydrogens (tertiary/aromatic N) is 1. The number of hydroxylamine groups is 2. The van der Waals surface area contributed by atoms with E-state index in [1.54, 1.807) is 0 Å². The summed E-state index contributed by atoms with van der Waals surface area (Å²) in [6.45, 7) is -0.712. The van der Waals surface area contributed by atoms with E-state index in [2.05, 4.69) is 0 Å². The standard InChI is InChI=1S/C2H4Cl3NO2/c3-2(4,5)6(8)1-7/h7-8H,1H2. The minimum absolute atomic E-state index is 0.164. The minimum Gasteiger partial charge on any atom is -0.379 e. The van der Waals surface area contributed by atoms with E-state index in [-0.39, 0.29) is 5.06 Å². The van der Waals surface area contributed by atoms with Crippen LogP contribution in [0.15, 0.2) is 0 Å². The summed E-state index contributed by atoms with van der Waals surface area (Å²) in [7, 11) is 0. The van der Waals surface area contributed by atoms with Crippen LogP contribution in [0, 0.1) is 0 Å². The maximum atomic E-state index is 8.38. The third kappa shape index (κ3) is 2.91. The second kappa shape index (κ2) is 3.06. The van der Waals surface area contributed by atoms with Gasteiger partial charge in [0.1, 0.15) is 6.73 Å². The largest absolute Gasteiger partial charge is 0.379 e. The van der Waals surface area contributed by atoms with Gasteiger partial charge < -0.3 is 10.3 Å².